The highest BCUT2D eigenvalue weighted by Gasteiger charge is 2.46. The number of aromatic nitrogens is 1. The number of aromatic hydroxyl groups is 1. The summed E-state index contributed by atoms with van der Waals surface area (Å²) in [5, 5.41) is 11.4. The van der Waals surface area contributed by atoms with Gasteiger partial charge in [-0.3, -0.25) is 0 Å². The molecule has 1 heterocycles. The van der Waals surface area contributed by atoms with Gasteiger partial charge in [-0.15, -0.1) is 0 Å². The third-order valence-electron chi connectivity index (χ3n) is 4.22. The minimum absolute atomic E-state index is 0.0169. The van der Waals surface area contributed by atoms with Crippen LogP contribution in [-0.2, 0) is 5.41 Å². The number of H-pyrrole nitrogens is 1. The van der Waals surface area contributed by atoms with Gasteiger partial charge >= 0.3 is 0 Å². The highest BCUT2D eigenvalue weighted by molar-refractivity contribution is 5.91. The number of phenolic OH excluding ortho intramolecular Hbond substituents is 1. The first-order valence-electron chi connectivity index (χ1n) is 6.10. The van der Waals surface area contributed by atoms with Crippen LogP contribution in [0.3, 0.4) is 0 Å². The summed E-state index contributed by atoms with van der Waals surface area (Å²) in [6.07, 6.45) is 2.17. The lowest BCUT2D eigenvalue weighted by atomic mass is 9.90. The zero-order chi connectivity index (χ0) is 12.2. The van der Waals surface area contributed by atoms with Crippen LogP contribution >= 0.6 is 0 Å². The number of aromatic amines is 1. The van der Waals surface area contributed by atoms with Crippen molar-refractivity contribution in [2.24, 2.45) is 5.73 Å². The van der Waals surface area contributed by atoms with Gasteiger partial charge in [-0.2, -0.15) is 0 Å². The van der Waals surface area contributed by atoms with E-state index in [1.807, 2.05) is 6.07 Å². The van der Waals surface area contributed by atoms with E-state index in [9.17, 15) is 5.11 Å². The van der Waals surface area contributed by atoms with Crippen LogP contribution in [0.4, 0.5) is 0 Å². The Morgan fingerprint density at radius 3 is 2.65 bits per heavy atom. The number of aryl methyl sites for hydroxylation is 2. The molecule has 0 spiro atoms. The molecule has 1 aliphatic carbocycles. The van der Waals surface area contributed by atoms with Crippen molar-refractivity contribution in [3.63, 3.8) is 0 Å². The Kier molecular flexibility index (Phi) is 2.05. The van der Waals surface area contributed by atoms with E-state index in [4.69, 9.17) is 5.73 Å². The monoisotopic (exact) mass is 230 g/mol. The van der Waals surface area contributed by atoms with E-state index in [0.717, 1.165) is 23.9 Å². The summed E-state index contributed by atoms with van der Waals surface area (Å²) in [5.41, 5.74) is 10.5. The zero-order valence-corrected chi connectivity index (χ0v) is 10.3. The van der Waals surface area contributed by atoms with Crippen molar-refractivity contribution in [1.82, 2.24) is 4.98 Å². The number of fused-ring (bicyclic) bond motifs is 1. The number of hydrogen-bond acceptors (Lipinski definition) is 2. The Labute approximate surface area is 101 Å². The summed E-state index contributed by atoms with van der Waals surface area (Å²) in [6.45, 7) is 4.78. The fourth-order valence-corrected chi connectivity index (χ4v) is 2.81. The number of hydrogen-bond donors (Lipinski definition) is 3. The molecule has 0 amide bonds. The highest BCUT2D eigenvalue weighted by atomic mass is 16.3. The van der Waals surface area contributed by atoms with E-state index in [0.29, 0.717) is 12.3 Å². The predicted octanol–water partition coefficient (Wildman–Crippen LogP) is 2.48. The summed E-state index contributed by atoms with van der Waals surface area (Å²) in [5.74, 6) is 0.391. The molecule has 3 nitrogen and oxygen atoms in total. The smallest absolute Gasteiger partial charge is 0.120 e. The van der Waals surface area contributed by atoms with E-state index < -0.39 is 0 Å². The van der Waals surface area contributed by atoms with Gasteiger partial charge in [-0.25, -0.2) is 0 Å². The van der Waals surface area contributed by atoms with Crippen LogP contribution in [0.25, 0.3) is 10.9 Å². The van der Waals surface area contributed by atoms with E-state index in [2.05, 4.69) is 18.8 Å². The van der Waals surface area contributed by atoms with Crippen LogP contribution in [0.1, 0.15) is 29.7 Å². The van der Waals surface area contributed by atoms with Crippen molar-refractivity contribution in [1.29, 1.82) is 0 Å². The second-order valence-electron chi connectivity index (χ2n) is 5.24. The molecule has 1 aromatic carbocycles. The normalized spacial score (nSPS) is 17.6. The summed E-state index contributed by atoms with van der Waals surface area (Å²) < 4.78 is 0. The molecule has 2 aromatic rings. The Morgan fingerprint density at radius 1 is 1.35 bits per heavy atom. The van der Waals surface area contributed by atoms with Gasteiger partial charge in [0.25, 0.3) is 0 Å². The van der Waals surface area contributed by atoms with Crippen LogP contribution in [0.5, 0.6) is 5.75 Å². The summed E-state index contributed by atoms with van der Waals surface area (Å²) >= 11 is 0. The first-order valence-corrected chi connectivity index (χ1v) is 6.10. The molecule has 17 heavy (non-hydrogen) atoms. The fraction of sp³-hybridized carbons (Fsp3) is 0.429. The molecule has 3 heteroatoms. The lowest BCUT2D eigenvalue weighted by Crippen LogP contribution is -2.20. The van der Waals surface area contributed by atoms with Gasteiger partial charge in [0.05, 0.1) is 0 Å². The fourth-order valence-electron chi connectivity index (χ4n) is 2.81. The predicted molar refractivity (Wildman–Crippen MR) is 69.4 cm³/mol. The molecule has 90 valence electrons. The van der Waals surface area contributed by atoms with E-state index >= 15 is 0 Å². The number of benzene rings is 1. The van der Waals surface area contributed by atoms with Crippen LogP contribution in [0, 0.1) is 13.8 Å². The molecule has 1 aromatic heterocycles. The summed E-state index contributed by atoms with van der Waals surface area (Å²) in [7, 11) is 0. The molecule has 0 saturated heterocycles. The molecule has 0 atom stereocenters. The Morgan fingerprint density at radius 2 is 2.06 bits per heavy atom. The summed E-state index contributed by atoms with van der Waals surface area (Å²) in [4.78, 5) is 3.37. The average molecular weight is 230 g/mol. The second-order valence-corrected chi connectivity index (χ2v) is 5.24. The minimum atomic E-state index is 0.0169. The van der Waals surface area contributed by atoms with Crippen LogP contribution in [-0.4, -0.2) is 16.6 Å². The molecule has 1 aliphatic rings. The molecule has 3 rings (SSSR count). The van der Waals surface area contributed by atoms with E-state index in [-0.39, 0.29) is 5.41 Å². The Balaban J connectivity index is 2.39. The largest absolute Gasteiger partial charge is 0.508 e. The van der Waals surface area contributed by atoms with Gasteiger partial charge in [0, 0.05) is 34.1 Å². The topological polar surface area (TPSA) is 62.0 Å². The standard InChI is InChI=1S/C14H18N2O/c1-8-9(2)16-10-3-4-11(17)13(12(8)10)14(7-15)5-6-14/h3-4,16-17H,5-7,15H2,1-2H3. The number of rotatable bonds is 2. The molecule has 0 unspecified atom stereocenters. The Bertz CT molecular complexity index is 594. The van der Waals surface area contributed by atoms with E-state index in [1.54, 1.807) is 6.07 Å². The van der Waals surface area contributed by atoms with Crippen molar-refractivity contribution in [3.8, 4) is 5.75 Å². The maximum absolute atomic E-state index is 10.2. The van der Waals surface area contributed by atoms with Gasteiger partial charge in [-0.1, -0.05) is 0 Å². The second kappa shape index (κ2) is 3.26. The molecule has 4 N–H and O–H groups in total. The van der Waals surface area contributed by atoms with Gasteiger partial charge in [0.2, 0.25) is 0 Å². The van der Waals surface area contributed by atoms with Crippen LogP contribution < -0.4 is 5.73 Å². The minimum Gasteiger partial charge on any atom is -0.508 e. The highest BCUT2D eigenvalue weighted by Crippen LogP contribution is 2.53. The number of nitrogens with one attached hydrogen (secondary N) is 1. The molecule has 1 fully saturated rings. The van der Waals surface area contributed by atoms with Crippen molar-refractivity contribution < 1.29 is 5.11 Å². The lowest BCUT2D eigenvalue weighted by Gasteiger charge is -2.16. The molecule has 1 saturated carbocycles. The quantitative estimate of drug-likeness (QED) is 0.742. The van der Waals surface area contributed by atoms with Crippen LogP contribution in [0.15, 0.2) is 12.1 Å². The van der Waals surface area contributed by atoms with Gasteiger partial charge in [0.15, 0.2) is 0 Å². The van der Waals surface area contributed by atoms with Crippen molar-refractivity contribution in [2.45, 2.75) is 32.1 Å². The third-order valence-corrected chi connectivity index (χ3v) is 4.22. The Hall–Kier alpha value is -1.48. The van der Waals surface area contributed by atoms with Crippen molar-refractivity contribution >= 4 is 10.9 Å². The number of nitrogens with two attached hydrogens (primary N) is 1. The third kappa shape index (κ3) is 1.32. The van der Waals surface area contributed by atoms with Crippen molar-refractivity contribution in [3.05, 3.63) is 29.0 Å². The van der Waals surface area contributed by atoms with Crippen molar-refractivity contribution in [2.75, 3.05) is 6.54 Å². The maximum Gasteiger partial charge on any atom is 0.120 e. The average Bonchev–Trinajstić information content (AvgIpc) is 3.05. The van der Waals surface area contributed by atoms with Gasteiger partial charge in [0.1, 0.15) is 5.75 Å². The van der Waals surface area contributed by atoms with E-state index in [1.165, 1.54) is 16.6 Å². The van der Waals surface area contributed by atoms with Crippen LogP contribution in [0.2, 0.25) is 0 Å². The molecular weight excluding hydrogens is 212 g/mol. The molecule has 0 radical (unpaired) electrons. The molecule has 0 bridgehead atoms. The molecular formula is C14H18N2O. The van der Waals surface area contributed by atoms with Gasteiger partial charge in [-0.05, 0) is 44.4 Å². The van der Waals surface area contributed by atoms with Gasteiger partial charge < -0.3 is 15.8 Å². The number of phenols is 1. The zero-order valence-electron chi connectivity index (χ0n) is 10.3. The molecule has 0 aliphatic heterocycles. The summed E-state index contributed by atoms with van der Waals surface area (Å²) in [6, 6.07) is 3.73. The SMILES string of the molecule is Cc1[nH]c2ccc(O)c(C3(CN)CC3)c2c1C. The first kappa shape index (κ1) is 10.7. The first-order chi connectivity index (χ1) is 8.09. The maximum atomic E-state index is 10.2. The lowest BCUT2D eigenvalue weighted by molar-refractivity contribution is 0.461.